The van der Waals surface area contributed by atoms with Crippen LogP contribution in [0.5, 0.6) is 0 Å². The van der Waals surface area contributed by atoms with Gasteiger partial charge in [-0.25, -0.2) is 9.78 Å². The molecule has 0 saturated heterocycles. The van der Waals surface area contributed by atoms with Gasteiger partial charge in [-0.05, 0) is 25.0 Å². The summed E-state index contributed by atoms with van der Waals surface area (Å²) in [7, 11) is 0. The maximum atomic E-state index is 10.9. The summed E-state index contributed by atoms with van der Waals surface area (Å²) in [4.78, 5) is 15.3. The van der Waals surface area contributed by atoms with Gasteiger partial charge in [0.05, 0.1) is 17.3 Å². The molecule has 0 spiro atoms. The first-order valence-electron chi connectivity index (χ1n) is 5.46. The Kier molecular flexibility index (Phi) is 1.96. The number of carboxylic acids is 1. The van der Waals surface area contributed by atoms with Crippen molar-refractivity contribution in [2.45, 2.75) is 25.2 Å². The summed E-state index contributed by atoms with van der Waals surface area (Å²) in [5.74, 6) is 0.617. The third-order valence-corrected chi connectivity index (χ3v) is 3.27. The monoisotopic (exact) mass is 216 g/mol. The number of pyridine rings is 1. The zero-order valence-electron chi connectivity index (χ0n) is 8.76. The van der Waals surface area contributed by atoms with Gasteiger partial charge in [0.25, 0.3) is 0 Å². The number of hydrogen-bond acceptors (Lipinski definition) is 2. The Hall–Kier alpha value is -1.84. The van der Waals surface area contributed by atoms with E-state index in [1.165, 1.54) is 6.42 Å². The Balaban J connectivity index is 2.15. The first-order chi connectivity index (χ1) is 7.75. The Morgan fingerprint density at radius 2 is 2.25 bits per heavy atom. The fraction of sp³-hybridized carbons (Fsp3) is 0.333. The quantitative estimate of drug-likeness (QED) is 0.838. The molecule has 1 fully saturated rings. The van der Waals surface area contributed by atoms with Gasteiger partial charge in [0.2, 0.25) is 0 Å². The van der Waals surface area contributed by atoms with Crippen LogP contribution in [-0.2, 0) is 0 Å². The second kappa shape index (κ2) is 3.33. The molecule has 82 valence electrons. The van der Waals surface area contributed by atoms with Crippen LogP contribution < -0.4 is 0 Å². The molecule has 1 aliphatic rings. The molecule has 0 radical (unpaired) electrons. The first kappa shape index (κ1) is 9.39. The van der Waals surface area contributed by atoms with Crippen molar-refractivity contribution in [1.29, 1.82) is 0 Å². The largest absolute Gasteiger partial charge is 0.478 e. The molecule has 0 unspecified atom stereocenters. The van der Waals surface area contributed by atoms with Crippen LogP contribution in [0.3, 0.4) is 0 Å². The standard InChI is InChI=1S/C12H12N2O2/c15-12(16)9-4-5-10-6-13-11(14(10)7-9)8-2-1-3-8/h4-8H,1-3H2,(H,15,16). The number of carboxylic acid groups (broad SMARTS) is 1. The third kappa shape index (κ3) is 1.30. The van der Waals surface area contributed by atoms with Gasteiger partial charge in [0.1, 0.15) is 5.82 Å². The molecule has 3 rings (SSSR count). The SMILES string of the molecule is O=C(O)c1ccc2cnc(C3CCC3)n2c1. The minimum absolute atomic E-state index is 0.311. The lowest BCUT2D eigenvalue weighted by atomic mass is 9.85. The summed E-state index contributed by atoms with van der Waals surface area (Å²) < 4.78 is 1.91. The van der Waals surface area contributed by atoms with E-state index in [2.05, 4.69) is 4.98 Å². The van der Waals surface area contributed by atoms with Gasteiger partial charge in [0, 0.05) is 12.1 Å². The van der Waals surface area contributed by atoms with E-state index >= 15 is 0 Å². The molecule has 0 atom stereocenters. The Morgan fingerprint density at radius 3 is 2.88 bits per heavy atom. The van der Waals surface area contributed by atoms with E-state index in [9.17, 15) is 4.79 Å². The summed E-state index contributed by atoms with van der Waals surface area (Å²) in [6, 6.07) is 3.42. The number of fused-ring (bicyclic) bond motifs is 1. The lowest BCUT2D eigenvalue weighted by molar-refractivity contribution is 0.0696. The average Bonchev–Trinajstić information content (AvgIpc) is 2.59. The second-order valence-corrected chi connectivity index (χ2v) is 4.26. The number of rotatable bonds is 2. The average molecular weight is 216 g/mol. The van der Waals surface area contributed by atoms with Crippen molar-refractivity contribution in [1.82, 2.24) is 9.38 Å². The molecule has 4 heteroatoms. The molecule has 1 N–H and O–H groups in total. The highest BCUT2D eigenvalue weighted by Crippen LogP contribution is 2.35. The van der Waals surface area contributed by atoms with Gasteiger partial charge in [-0.3, -0.25) is 0 Å². The summed E-state index contributed by atoms with van der Waals surface area (Å²) in [6.07, 6.45) is 7.04. The van der Waals surface area contributed by atoms with Crippen molar-refractivity contribution >= 4 is 11.5 Å². The molecule has 2 aromatic rings. The normalized spacial score (nSPS) is 16.2. The van der Waals surface area contributed by atoms with Crippen LogP contribution in [0.1, 0.15) is 41.4 Å². The highest BCUT2D eigenvalue weighted by Gasteiger charge is 2.23. The Labute approximate surface area is 92.5 Å². The summed E-state index contributed by atoms with van der Waals surface area (Å²) >= 11 is 0. The summed E-state index contributed by atoms with van der Waals surface area (Å²) in [5.41, 5.74) is 1.28. The molecule has 0 bridgehead atoms. The van der Waals surface area contributed by atoms with Gasteiger partial charge in [-0.15, -0.1) is 0 Å². The van der Waals surface area contributed by atoms with Crippen LogP contribution in [0.2, 0.25) is 0 Å². The molecule has 2 heterocycles. The minimum atomic E-state index is -0.893. The van der Waals surface area contributed by atoms with E-state index in [0.29, 0.717) is 11.5 Å². The van der Waals surface area contributed by atoms with Crippen molar-refractivity contribution in [3.8, 4) is 0 Å². The fourth-order valence-electron chi connectivity index (χ4n) is 2.11. The molecular formula is C12H12N2O2. The summed E-state index contributed by atoms with van der Waals surface area (Å²) in [5, 5.41) is 8.95. The maximum absolute atomic E-state index is 10.9. The third-order valence-electron chi connectivity index (χ3n) is 3.27. The molecule has 0 aromatic carbocycles. The molecule has 1 aliphatic carbocycles. The molecule has 4 nitrogen and oxygen atoms in total. The number of carbonyl (C=O) groups is 1. The summed E-state index contributed by atoms with van der Waals surface area (Å²) in [6.45, 7) is 0. The predicted octanol–water partition coefficient (Wildman–Crippen LogP) is 2.30. The highest BCUT2D eigenvalue weighted by molar-refractivity contribution is 5.87. The van der Waals surface area contributed by atoms with E-state index in [1.807, 2.05) is 4.40 Å². The van der Waals surface area contributed by atoms with Crippen molar-refractivity contribution in [2.75, 3.05) is 0 Å². The van der Waals surface area contributed by atoms with E-state index < -0.39 is 5.97 Å². The van der Waals surface area contributed by atoms with Gasteiger partial charge in [0.15, 0.2) is 0 Å². The topological polar surface area (TPSA) is 54.6 Å². The zero-order valence-corrected chi connectivity index (χ0v) is 8.76. The van der Waals surface area contributed by atoms with Crippen molar-refractivity contribution in [3.63, 3.8) is 0 Å². The number of imidazole rings is 1. The van der Waals surface area contributed by atoms with E-state index in [1.54, 1.807) is 24.5 Å². The Bertz CT molecular complexity index is 555. The molecule has 0 aliphatic heterocycles. The van der Waals surface area contributed by atoms with Crippen molar-refractivity contribution in [2.24, 2.45) is 0 Å². The van der Waals surface area contributed by atoms with E-state index in [-0.39, 0.29) is 0 Å². The molecule has 16 heavy (non-hydrogen) atoms. The van der Waals surface area contributed by atoms with Gasteiger partial charge < -0.3 is 9.51 Å². The lowest BCUT2D eigenvalue weighted by Gasteiger charge is -2.24. The lowest BCUT2D eigenvalue weighted by Crippen LogP contribution is -2.13. The predicted molar refractivity (Wildman–Crippen MR) is 58.7 cm³/mol. The van der Waals surface area contributed by atoms with Crippen LogP contribution in [-0.4, -0.2) is 20.5 Å². The van der Waals surface area contributed by atoms with E-state index in [0.717, 1.165) is 24.2 Å². The van der Waals surface area contributed by atoms with Crippen LogP contribution in [0.4, 0.5) is 0 Å². The second-order valence-electron chi connectivity index (χ2n) is 4.26. The number of aromatic carboxylic acids is 1. The van der Waals surface area contributed by atoms with Crippen LogP contribution >= 0.6 is 0 Å². The van der Waals surface area contributed by atoms with Gasteiger partial charge in [-0.2, -0.15) is 0 Å². The number of hydrogen-bond donors (Lipinski definition) is 1. The van der Waals surface area contributed by atoms with Gasteiger partial charge >= 0.3 is 5.97 Å². The maximum Gasteiger partial charge on any atom is 0.337 e. The van der Waals surface area contributed by atoms with Gasteiger partial charge in [-0.1, -0.05) is 6.42 Å². The molecular weight excluding hydrogens is 204 g/mol. The molecule has 2 aromatic heterocycles. The Morgan fingerprint density at radius 1 is 1.44 bits per heavy atom. The van der Waals surface area contributed by atoms with Crippen LogP contribution in [0, 0.1) is 0 Å². The highest BCUT2D eigenvalue weighted by atomic mass is 16.4. The first-order valence-corrected chi connectivity index (χ1v) is 5.46. The van der Waals surface area contributed by atoms with Crippen molar-refractivity contribution in [3.05, 3.63) is 35.9 Å². The molecule has 1 saturated carbocycles. The zero-order chi connectivity index (χ0) is 11.1. The van der Waals surface area contributed by atoms with E-state index in [4.69, 9.17) is 5.11 Å². The van der Waals surface area contributed by atoms with Crippen LogP contribution in [0.25, 0.3) is 5.52 Å². The number of nitrogens with zero attached hydrogens (tertiary/aromatic N) is 2. The fourth-order valence-corrected chi connectivity index (χ4v) is 2.11. The molecule has 0 amide bonds. The number of aromatic nitrogens is 2. The smallest absolute Gasteiger partial charge is 0.337 e. The minimum Gasteiger partial charge on any atom is -0.478 e. The van der Waals surface area contributed by atoms with Crippen LogP contribution in [0.15, 0.2) is 24.5 Å². The van der Waals surface area contributed by atoms with Crippen molar-refractivity contribution < 1.29 is 9.90 Å².